The summed E-state index contributed by atoms with van der Waals surface area (Å²) in [7, 11) is 0. The average molecular weight is 439 g/mol. The van der Waals surface area contributed by atoms with E-state index in [1.54, 1.807) is 6.07 Å². The zero-order valence-electron chi connectivity index (χ0n) is 19.2. The van der Waals surface area contributed by atoms with Crippen LogP contribution in [0.15, 0.2) is 23.0 Å². The van der Waals surface area contributed by atoms with E-state index in [4.69, 9.17) is 9.47 Å². The van der Waals surface area contributed by atoms with E-state index in [9.17, 15) is 9.59 Å². The summed E-state index contributed by atoms with van der Waals surface area (Å²) in [4.78, 5) is 27.9. The predicted molar refractivity (Wildman–Crippen MR) is 118 cm³/mol. The molecule has 6 heteroatoms. The molecule has 9 atom stereocenters. The molecule has 6 nitrogen and oxygen atoms in total. The van der Waals surface area contributed by atoms with Crippen molar-refractivity contribution in [2.24, 2.45) is 29.1 Å². The van der Waals surface area contributed by atoms with Crippen LogP contribution in [0.2, 0.25) is 0 Å². The Bertz CT molecular complexity index is 1040. The van der Waals surface area contributed by atoms with Gasteiger partial charge in [-0.15, -0.1) is 0 Å². The smallest absolute Gasteiger partial charge is 0.311 e. The number of esters is 1. The van der Waals surface area contributed by atoms with Crippen molar-refractivity contribution in [2.75, 3.05) is 19.6 Å². The molecule has 7 rings (SSSR count). The van der Waals surface area contributed by atoms with Crippen molar-refractivity contribution < 1.29 is 14.3 Å². The molecular formula is C26H34N2O4. The summed E-state index contributed by atoms with van der Waals surface area (Å²) in [5.41, 5.74) is 1.40. The summed E-state index contributed by atoms with van der Waals surface area (Å²) in [5.74, 6) is 1.53. The highest BCUT2D eigenvalue weighted by Crippen LogP contribution is 2.70. The number of aromatic nitrogens is 1. The molecule has 0 aromatic carbocycles. The molecule has 6 aliphatic rings. The van der Waals surface area contributed by atoms with Gasteiger partial charge in [0.15, 0.2) is 0 Å². The maximum atomic E-state index is 13.1. The van der Waals surface area contributed by atoms with E-state index in [-0.39, 0.29) is 46.6 Å². The van der Waals surface area contributed by atoms with Gasteiger partial charge in [0, 0.05) is 55.2 Å². The van der Waals surface area contributed by atoms with Crippen molar-refractivity contribution in [1.82, 2.24) is 9.47 Å². The molecule has 2 bridgehead atoms. The van der Waals surface area contributed by atoms with E-state index in [2.05, 4.69) is 24.8 Å². The topological polar surface area (TPSA) is 64.1 Å². The molecule has 1 spiro atoms. The Hall–Kier alpha value is -1.66. The van der Waals surface area contributed by atoms with Gasteiger partial charge < -0.3 is 18.9 Å². The third-order valence-electron chi connectivity index (χ3n) is 10.2. The van der Waals surface area contributed by atoms with E-state index in [0.29, 0.717) is 17.8 Å². The number of fused-ring (bicyclic) bond motifs is 6. The minimum atomic E-state index is -0.0835. The average Bonchev–Trinajstić information content (AvgIpc) is 3.43. The molecule has 0 amide bonds. The maximum Gasteiger partial charge on any atom is 0.311 e. The SMILES string of the molecule is C[C@H]1CCC[C@]2(C)C[C@H]3OC(=O)[C@H](CN4C[C@@H]5C[C@@H](C4)c4cccc(=O)n4C5)[C@H]3[C@@H]3O[C@]132. The third-order valence-corrected chi connectivity index (χ3v) is 10.2. The molecular weight excluding hydrogens is 404 g/mol. The number of rotatable bonds is 2. The van der Waals surface area contributed by atoms with E-state index in [0.717, 1.165) is 39.0 Å². The Labute approximate surface area is 189 Å². The molecule has 32 heavy (non-hydrogen) atoms. The molecule has 2 aliphatic carbocycles. The van der Waals surface area contributed by atoms with Crippen LogP contribution in [0, 0.1) is 29.1 Å². The van der Waals surface area contributed by atoms with E-state index in [1.165, 1.54) is 25.0 Å². The molecule has 4 aliphatic heterocycles. The Morgan fingerprint density at radius 3 is 2.94 bits per heavy atom. The highest BCUT2D eigenvalue weighted by atomic mass is 16.6. The third kappa shape index (κ3) is 2.48. The van der Waals surface area contributed by atoms with Gasteiger partial charge in [0.2, 0.25) is 0 Å². The van der Waals surface area contributed by atoms with Gasteiger partial charge in [0.1, 0.15) is 11.7 Å². The molecule has 0 N–H and O–H groups in total. The van der Waals surface area contributed by atoms with E-state index >= 15 is 0 Å². The summed E-state index contributed by atoms with van der Waals surface area (Å²) in [5, 5.41) is 0. The Morgan fingerprint density at radius 1 is 1.19 bits per heavy atom. The van der Waals surface area contributed by atoms with Crippen LogP contribution in [-0.2, 0) is 20.8 Å². The van der Waals surface area contributed by atoms with Crippen molar-refractivity contribution in [1.29, 1.82) is 0 Å². The Balaban J connectivity index is 1.14. The zero-order chi connectivity index (χ0) is 21.8. The molecule has 2 saturated carbocycles. The lowest BCUT2D eigenvalue weighted by Gasteiger charge is -2.49. The molecule has 1 aromatic heterocycles. The zero-order valence-corrected chi connectivity index (χ0v) is 19.2. The Morgan fingerprint density at radius 2 is 2.06 bits per heavy atom. The molecule has 172 valence electrons. The van der Waals surface area contributed by atoms with E-state index in [1.807, 2.05) is 10.6 Å². The standard InChI is InChI=1S/C26H34N2O4/c1-15-5-4-8-25(2)10-20-22(23-26(15,25)32-23)18(24(30)31-20)14-27-11-16-9-17(13-27)19-6-3-7-21(29)28(19)12-16/h3,6-7,15-18,20,22-23H,4-5,8-14H2,1-2H3/t15-,16-,17-,18+,20+,22+,23-,25+,26+/m0/s1. The molecule has 5 heterocycles. The number of nitrogens with zero attached hydrogens (tertiary/aromatic N) is 2. The number of carbonyl (C=O) groups is 1. The van der Waals surface area contributed by atoms with Gasteiger partial charge in [-0.3, -0.25) is 9.59 Å². The van der Waals surface area contributed by atoms with Crippen LogP contribution in [-0.4, -0.2) is 52.9 Å². The van der Waals surface area contributed by atoms with Gasteiger partial charge >= 0.3 is 5.97 Å². The van der Waals surface area contributed by atoms with Crippen LogP contribution >= 0.6 is 0 Å². The second-order valence-electron chi connectivity index (χ2n) is 12.0. The minimum absolute atomic E-state index is 0.00657. The van der Waals surface area contributed by atoms with Crippen LogP contribution < -0.4 is 5.56 Å². The Kier molecular flexibility index (Phi) is 4.00. The van der Waals surface area contributed by atoms with Crippen LogP contribution in [0.4, 0.5) is 0 Å². The summed E-state index contributed by atoms with van der Waals surface area (Å²) in [6, 6.07) is 5.67. The van der Waals surface area contributed by atoms with Crippen molar-refractivity contribution >= 4 is 5.97 Å². The van der Waals surface area contributed by atoms with Crippen LogP contribution in [0.3, 0.4) is 0 Å². The van der Waals surface area contributed by atoms with Gasteiger partial charge in [-0.05, 0) is 43.6 Å². The van der Waals surface area contributed by atoms with Crippen molar-refractivity contribution in [3.8, 4) is 0 Å². The fourth-order valence-electron chi connectivity index (χ4n) is 8.87. The fourth-order valence-corrected chi connectivity index (χ4v) is 8.87. The molecule has 5 fully saturated rings. The first-order valence-electron chi connectivity index (χ1n) is 12.7. The summed E-state index contributed by atoms with van der Waals surface area (Å²) < 4.78 is 14.6. The van der Waals surface area contributed by atoms with Crippen molar-refractivity contribution in [3.63, 3.8) is 0 Å². The number of piperidine rings is 1. The first-order valence-corrected chi connectivity index (χ1v) is 12.7. The minimum Gasteiger partial charge on any atom is -0.462 e. The highest BCUT2D eigenvalue weighted by molar-refractivity contribution is 5.76. The number of epoxide rings is 1. The van der Waals surface area contributed by atoms with Gasteiger partial charge in [-0.1, -0.05) is 26.3 Å². The largest absolute Gasteiger partial charge is 0.462 e. The van der Waals surface area contributed by atoms with Crippen molar-refractivity contribution in [3.05, 3.63) is 34.2 Å². The lowest BCUT2D eigenvalue weighted by atomic mass is 9.53. The second kappa shape index (κ2) is 6.47. The summed E-state index contributed by atoms with van der Waals surface area (Å²) >= 11 is 0. The van der Waals surface area contributed by atoms with Gasteiger partial charge in [-0.2, -0.15) is 0 Å². The lowest BCUT2D eigenvalue weighted by Crippen LogP contribution is -2.55. The predicted octanol–water partition coefficient (Wildman–Crippen LogP) is 2.79. The number of hydrogen-bond donors (Lipinski definition) is 0. The maximum absolute atomic E-state index is 13.1. The lowest BCUT2D eigenvalue weighted by molar-refractivity contribution is -0.146. The van der Waals surface area contributed by atoms with Crippen molar-refractivity contribution in [2.45, 2.75) is 76.2 Å². The van der Waals surface area contributed by atoms with Crippen LogP contribution in [0.1, 0.15) is 57.6 Å². The monoisotopic (exact) mass is 438 g/mol. The number of ether oxygens (including phenoxy) is 2. The number of carbonyl (C=O) groups excluding carboxylic acids is 1. The molecule has 0 radical (unpaired) electrons. The first kappa shape index (κ1) is 19.8. The number of likely N-dealkylation sites (tertiary alicyclic amines) is 1. The quantitative estimate of drug-likeness (QED) is 0.525. The second-order valence-corrected chi connectivity index (χ2v) is 12.0. The van der Waals surface area contributed by atoms with Gasteiger partial charge in [0.05, 0.1) is 12.0 Å². The van der Waals surface area contributed by atoms with Gasteiger partial charge in [-0.25, -0.2) is 0 Å². The molecule has 0 unspecified atom stereocenters. The normalized spacial score (nSPS) is 48.8. The molecule has 3 saturated heterocycles. The van der Waals surface area contributed by atoms with E-state index < -0.39 is 0 Å². The number of hydrogen-bond acceptors (Lipinski definition) is 5. The summed E-state index contributed by atoms with van der Waals surface area (Å²) in [6.45, 7) is 8.19. The number of pyridine rings is 1. The summed E-state index contributed by atoms with van der Waals surface area (Å²) in [6.07, 6.45) is 5.98. The van der Waals surface area contributed by atoms with Crippen LogP contribution in [0.25, 0.3) is 0 Å². The molecule has 1 aromatic rings. The highest BCUT2D eigenvalue weighted by Gasteiger charge is 2.78. The fraction of sp³-hybridized carbons (Fsp3) is 0.769. The first-order chi connectivity index (χ1) is 15.4. The van der Waals surface area contributed by atoms with Crippen LogP contribution in [0.5, 0.6) is 0 Å². The van der Waals surface area contributed by atoms with Gasteiger partial charge in [0.25, 0.3) is 5.56 Å².